The second-order valence-electron chi connectivity index (χ2n) is 9.22. The molecule has 1 aromatic carbocycles. The first kappa shape index (κ1) is 32.3. The van der Waals surface area contributed by atoms with Gasteiger partial charge in [0.05, 0.1) is 33.2 Å². The lowest BCUT2D eigenvalue weighted by Gasteiger charge is -2.27. The van der Waals surface area contributed by atoms with Crippen molar-refractivity contribution >= 4 is 23.7 Å². The molecule has 0 aliphatic carbocycles. The van der Waals surface area contributed by atoms with Crippen molar-refractivity contribution in [1.82, 2.24) is 9.88 Å². The van der Waals surface area contributed by atoms with Gasteiger partial charge in [-0.1, -0.05) is 6.07 Å². The molecule has 1 saturated heterocycles. The molecule has 3 rings (SSSR count). The van der Waals surface area contributed by atoms with Crippen molar-refractivity contribution in [3.05, 3.63) is 47.7 Å². The predicted octanol–water partition coefficient (Wildman–Crippen LogP) is 2.07. The zero-order valence-corrected chi connectivity index (χ0v) is 22.8. The third kappa shape index (κ3) is 9.98. The summed E-state index contributed by atoms with van der Waals surface area (Å²) in [7, 11) is 5.29. The number of aromatic nitrogens is 1. The first-order valence-corrected chi connectivity index (χ1v) is 12.6. The highest BCUT2D eigenvalue weighted by molar-refractivity contribution is 5.88. The zero-order chi connectivity index (χ0) is 29.7. The largest absolute Gasteiger partial charge is 0.497 e. The third-order valence-corrected chi connectivity index (χ3v) is 6.17. The molecule has 5 N–H and O–H groups in total. The van der Waals surface area contributed by atoms with E-state index in [4.69, 9.17) is 34.6 Å². The highest BCUT2D eigenvalue weighted by atomic mass is 16.5. The molecule has 1 aliphatic rings. The Bertz CT molecular complexity index is 1120. The SMILES string of the molecule is CNc1ncccc1CN(Cc1cc(OC)ccc1OC)CC1CCCO1.O=C(O)CC(O)(CC(=O)O)C(=O)O. The topological polar surface area (TPSA) is 188 Å². The molecule has 1 fully saturated rings. The average molecular weight is 564 g/mol. The molecule has 1 atom stereocenters. The van der Waals surface area contributed by atoms with E-state index < -0.39 is 36.4 Å². The molecule has 1 aromatic heterocycles. The van der Waals surface area contributed by atoms with E-state index in [2.05, 4.69) is 21.3 Å². The van der Waals surface area contributed by atoms with Gasteiger partial charge >= 0.3 is 17.9 Å². The molecule has 13 heteroatoms. The van der Waals surface area contributed by atoms with Crippen LogP contribution in [-0.4, -0.2) is 94.3 Å². The number of nitrogens with one attached hydrogen (secondary N) is 1. The number of hydrogen-bond acceptors (Lipinski definition) is 10. The minimum absolute atomic E-state index is 0.274. The van der Waals surface area contributed by atoms with E-state index in [-0.39, 0.29) is 6.10 Å². The monoisotopic (exact) mass is 563 g/mol. The van der Waals surface area contributed by atoms with Gasteiger partial charge in [0.2, 0.25) is 0 Å². The second kappa shape index (κ2) is 15.6. The number of aliphatic hydroxyl groups is 1. The molecule has 2 heterocycles. The minimum atomic E-state index is -2.74. The van der Waals surface area contributed by atoms with Gasteiger partial charge in [0.25, 0.3) is 0 Å². The molecule has 0 amide bonds. The van der Waals surface area contributed by atoms with E-state index in [1.165, 1.54) is 5.56 Å². The summed E-state index contributed by atoms with van der Waals surface area (Å²) >= 11 is 0. The summed E-state index contributed by atoms with van der Waals surface area (Å²) in [4.78, 5) is 37.3. The van der Waals surface area contributed by atoms with Crippen LogP contribution in [0.5, 0.6) is 11.5 Å². The van der Waals surface area contributed by atoms with Gasteiger partial charge in [-0.2, -0.15) is 0 Å². The standard InChI is InChI=1S/C21H29N3O3.C6H8O7/c1-22-21-16(6-4-10-23-21)13-24(15-19-7-5-11-27-19)14-17-12-18(25-2)8-9-20(17)26-3;7-3(8)1-6(13,5(11)12)2-4(9)10/h4,6,8-10,12,19H,5,7,11,13-15H2,1-3H3,(H,22,23);13H,1-2H2,(H,7,8)(H,9,10)(H,11,12). The molecule has 220 valence electrons. The van der Waals surface area contributed by atoms with E-state index in [0.29, 0.717) is 0 Å². The maximum absolute atomic E-state index is 10.3. The molecular weight excluding hydrogens is 526 g/mol. The Kier molecular flexibility index (Phi) is 12.6. The summed E-state index contributed by atoms with van der Waals surface area (Å²) < 4.78 is 16.9. The first-order valence-electron chi connectivity index (χ1n) is 12.6. The maximum atomic E-state index is 10.3. The molecule has 1 aliphatic heterocycles. The third-order valence-electron chi connectivity index (χ3n) is 6.17. The summed E-state index contributed by atoms with van der Waals surface area (Å²) in [6, 6.07) is 10.0. The van der Waals surface area contributed by atoms with Crippen molar-refractivity contribution in [2.75, 3.05) is 39.7 Å². The van der Waals surface area contributed by atoms with E-state index in [9.17, 15) is 14.4 Å². The summed E-state index contributed by atoms with van der Waals surface area (Å²) in [5, 5.41) is 37.0. The summed E-state index contributed by atoms with van der Waals surface area (Å²) in [6.45, 7) is 3.26. The summed E-state index contributed by atoms with van der Waals surface area (Å²) in [5.41, 5.74) is -0.470. The van der Waals surface area contributed by atoms with Crippen LogP contribution in [0.2, 0.25) is 0 Å². The number of carboxylic acid groups (broad SMARTS) is 3. The Balaban J connectivity index is 0.000000366. The van der Waals surface area contributed by atoms with E-state index >= 15 is 0 Å². The lowest BCUT2D eigenvalue weighted by Crippen LogP contribution is -2.42. The molecule has 40 heavy (non-hydrogen) atoms. The lowest BCUT2D eigenvalue weighted by molar-refractivity contribution is -0.170. The molecule has 0 radical (unpaired) electrons. The van der Waals surface area contributed by atoms with Crippen LogP contribution in [0.15, 0.2) is 36.5 Å². The number of carboxylic acids is 3. The van der Waals surface area contributed by atoms with Gasteiger partial charge in [0.15, 0.2) is 5.60 Å². The van der Waals surface area contributed by atoms with Crippen LogP contribution in [0.25, 0.3) is 0 Å². The number of hydrogen-bond donors (Lipinski definition) is 5. The van der Waals surface area contributed by atoms with Gasteiger partial charge in [0, 0.05) is 50.6 Å². The number of ether oxygens (including phenoxy) is 3. The Morgan fingerprint density at radius 1 is 1.07 bits per heavy atom. The molecule has 1 unspecified atom stereocenters. The van der Waals surface area contributed by atoms with Gasteiger partial charge in [-0.05, 0) is 37.1 Å². The number of methoxy groups -OCH3 is 2. The predicted molar refractivity (Wildman–Crippen MR) is 144 cm³/mol. The van der Waals surface area contributed by atoms with Gasteiger partial charge in [-0.3, -0.25) is 14.5 Å². The van der Waals surface area contributed by atoms with Crippen LogP contribution < -0.4 is 14.8 Å². The average Bonchev–Trinajstić information content (AvgIpc) is 3.41. The Hall–Kier alpha value is -3.94. The fourth-order valence-corrected chi connectivity index (χ4v) is 4.25. The molecule has 0 spiro atoms. The van der Waals surface area contributed by atoms with Crippen molar-refractivity contribution < 1.29 is 49.0 Å². The van der Waals surface area contributed by atoms with Gasteiger partial charge < -0.3 is 40.0 Å². The lowest BCUT2D eigenvalue weighted by atomic mass is 9.96. The molecule has 13 nitrogen and oxygen atoms in total. The molecular formula is C27H37N3O10. The van der Waals surface area contributed by atoms with Gasteiger partial charge in [-0.25, -0.2) is 9.78 Å². The van der Waals surface area contributed by atoms with Crippen LogP contribution in [0.4, 0.5) is 5.82 Å². The van der Waals surface area contributed by atoms with Crippen molar-refractivity contribution in [2.45, 2.75) is 50.5 Å². The highest BCUT2D eigenvalue weighted by Gasteiger charge is 2.40. The number of anilines is 1. The summed E-state index contributed by atoms with van der Waals surface area (Å²) in [6.07, 6.45) is 2.04. The quantitative estimate of drug-likeness (QED) is 0.225. The zero-order valence-electron chi connectivity index (χ0n) is 22.8. The van der Waals surface area contributed by atoms with E-state index in [1.54, 1.807) is 14.2 Å². The minimum Gasteiger partial charge on any atom is -0.497 e. The fourth-order valence-electron chi connectivity index (χ4n) is 4.25. The van der Waals surface area contributed by atoms with Crippen molar-refractivity contribution in [2.24, 2.45) is 0 Å². The molecule has 0 saturated carbocycles. The number of rotatable bonds is 14. The Morgan fingerprint density at radius 3 is 2.27 bits per heavy atom. The molecule has 0 bridgehead atoms. The second-order valence-corrected chi connectivity index (χ2v) is 9.22. The number of benzene rings is 1. The number of aliphatic carboxylic acids is 3. The van der Waals surface area contributed by atoms with Crippen molar-refractivity contribution in [3.8, 4) is 11.5 Å². The van der Waals surface area contributed by atoms with Crippen LogP contribution >= 0.6 is 0 Å². The Labute approximate surface area is 232 Å². The van der Waals surface area contributed by atoms with E-state index in [0.717, 1.165) is 62.0 Å². The number of nitrogens with zero attached hydrogens (tertiary/aromatic N) is 2. The highest BCUT2D eigenvalue weighted by Crippen LogP contribution is 2.27. The maximum Gasteiger partial charge on any atom is 0.336 e. The van der Waals surface area contributed by atoms with Crippen LogP contribution in [0.3, 0.4) is 0 Å². The van der Waals surface area contributed by atoms with Crippen LogP contribution in [-0.2, 0) is 32.2 Å². The summed E-state index contributed by atoms with van der Waals surface area (Å²) in [5.74, 6) is -2.41. The first-order chi connectivity index (χ1) is 19.0. The van der Waals surface area contributed by atoms with Crippen LogP contribution in [0, 0.1) is 0 Å². The number of carbonyl (C=O) groups is 3. The Morgan fingerprint density at radius 2 is 1.75 bits per heavy atom. The van der Waals surface area contributed by atoms with Gasteiger partial charge in [-0.15, -0.1) is 0 Å². The molecule has 2 aromatic rings. The van der Waals surface area contributed by atoms with Crippen LogP contribution in [0.1, 0.15) is 36.8 Å². The van der Waals surface area contributed by atoms with Crippen molar-refractivity contribution in [3.63, 3.8) is 0 Å². The fraction of sp³-hybridized carbons (Fsp3) is 0.481. The van der Waals surface area contributed by atoms with Crippen molar-refractivity contribution in [1.29, 1.82) is 0 Å². The number of pyridine rings is 1. The smallest absolute Gasteiger partial charge is 0.336 e. The van der Waals surface area contributed by atoms with Gasteiger partial charge in [0.1, 0.15) is 17.3 Å². The normalized spacial score (nSPS) is 14.7. The van der Waals surface area contributed by atoms with E-state index in [1.807, 2.05) is 37.5 Å².